The van der Waals surface area contributed by atoms with E-state index in [2.05, 4.69) is 26.8 Å². The molecule has 3 rings (SSSR count). The minimum Gasteiger partial charge on any atom is -0.494 e. The summed E-state index contributed by atoms with van der Waals surface area (Å²) < 4.78 is 11.7. The van der Waals surface area contributed by atoms with Crippen molar-refractivity contribution in [2.75, 3.05) is 13.2 Å². The molecule has 0 aromatic heterocycles. The Labute approximate surface area is 183 Å². The number of halogens is 1. The summed E-state index contributed by atoms with van der Waals surface area (Å²) >= 11 is 3.51. The van der Waals surface area contributed by atoms with E-state index in [1.807, 2.05) is 61.5 Å². The van der Waals surface area contributed by atoms with Gasteiger partial charge in [-0.25, -0.2) is 0 Å². The van der Waals surface area contributed by atoms with Crippen LogP contribution in [0, 0.1) is 0 Å². The molecule has 0 fully saturated rings. The lowest BCUT2D eigenvalue weighted by atomic mass is 10.1. The molecule has 154 valence electrons. The zero-order valence-electron chi connectivity index (χ0n) is 16.4. The Bertz CT molecular complexity index is 1060. The lowest BCUT2D eigenvalue weighted by Gasteiger charge is -2.10. The molecule has 0 heterocycles. The summed E-state index contributed by atoms with van der Waals surface area (Å²) in [4.78, 5) is 23.8. The van der Waals surface area contributed by atoms with Gasteiger partial charge in [0.2, 0.25) is 0 Å². The molecule has 0 bridgehead atoms. The highest BCUT2D eigenvalue weighted by atomic mass is 79.9. The first-order valence-corrected chi connectivity index (χ1v) is 10.2. The fourth-order valence-corrected chi connectivity index (χ4v) is 3.30. The van der Waals surface area contributed by atoms with Gasteiger partial charge in [-0.1, -0.05) is 42.5 Å². The van der Waals surface area contributed by atoms with E-state index >= 15 is 0 Å². The third kappa shape index (κ3) is 5.84. The van der Waals surface area contributed by atoms with Crippen molar-refractivity contribution in [1.29, 1.82) is 0 Å². The highest BCUT2D eigenvalue weighted by Crippen LogP contribution is 2.32. The smallest absolute Gasteiger partial charge is 0.276 e. The van der Waals surface area contributed by atoms with Gasteiger partial charge in [-0.15, -0.1) is 0 Å². The van der Waals surface area contributed by atoms with Crippen LogP contribution < -0.4 is 20.3 Å². The first-order chi connectivity index (χ1) is 14.6. The van der Waals surface area contributed by atoms with Crippen molar-refractivity contribution >= 4 is 44.6 Å². The number of nitrogens with one attached hydrogen (secondary N) is 2. The summed E-state index contributed by atoms with van der Waals surface area (Å²) in [6, 6.07) is 18.9. The Balaban J connectivity index is 1.46. The highest BCUT2D eigenvalue weighted by molar-refractivity contribution is 9.10. The van der Waals surface area contributed by atoms with Crippen LogP contribution >= 0.6 is 15.9 Å². The zero-order chi connectivity index (χ0) is 21.3. The molecule has 0 spiro atoms. The number of hydrogen-bond acceptors (Lipinski definition) is 4. The second kappa shape index (κ2) is 10.5. The number of hydrogen-bond donors (Lipinski definition) is 2. The molecule has 7 heteroatoms. The summed E-state index contributed by atoms with van der Waals surface area (Å²) in [7, 11) is 0. The molecule has 0 aliphatic carbocycles. The Kier molecular flexibility index (Phi) is 7.45. The van der Waals surface area contributed by atoms with Gasteiger partial charge in [-0.05, 0) is 63.5 Å². The zero-order valence-corrected chi connectivity index (χ0v) is 17.9. The third-order valence-electron chi connectivity index (χ3n) is 4.13. The number of fused-ring (bicyclic) bond motifs is 1. The molecule has 0 radical (unpaired) electrons. The molecule has 0 aliphatic rings. The molecular formula is C23H21BrN2O4. The van der Waals surface area contributed by atoms with Crippen LogP contribution in [0.3, 0.4) is 0 Å². The third-order valence-corrected chi connectivity index (χ3v) is 4.95. The lowest BCUT2D eigenvalue weighted by Crippen LogP contribution is -2.43. The van der Waals surface area contributed by atoms with E-state index in [0.29, 0.717) is 12.4 Å². The van der Waals surface area contributed by atoms with Crippen LogP contribution in [0.25, 0.3) is 16.8 Å². The molecule has 0 unspecified atom stereocenters. The van der Waals surface area contributed by atoms with Gasteiger partial charge in [0.05, 0.1) is 11.1 Å². The SMILES string of the molecule is CCOc1ccc(/C=C/C(=O)NNC(=O)COc2ccc3ccccc3c2Br)cc1. The molecule has 0 saturated carbocycles. The molecule has 30 heavy (non-hydrogen) atoms. The number of carbonyl (C=O) groups excluding carboxylic acids is 2. The van der Waals surface area contributed by atoms with E-state index < -0.39 is 11.8 Å². The topological polar surface area (TPSA) is 76.7 Å². The van der Waals surface area contributed by atoms with Crippen molar-refractivity contribution in [3.63, 3.8) is 0 Å². The quantitative estimate of drug-likeness (QED) is 0.401. The average molecular weight is 469 g/mol. The fourth-order valence-electron chi connectivity index (χ4n) is 2.69. The van der Waals surface area contributed by atoms with Gasteiger partial charge in [0, 0.05) is 6.08 Å². The normalized spacial score (nSPS) is 10.7. The Hall–Kier alpha value is -3.32. The van der Waals surface area contributed by atoms with E-state index in [1.54, 1.807) is 12.1 Å². The Morgan fingerprint density at radius 2 is 1.73 bits per heavy atom. The van der Waals surface area contributed by atoms with Crippen molar-refractivity contribution in [3.8, 4) is 11.5 Å². The summed E-state index contributed by atoms with van der Waals surface area (Å²) in [5.41, 5.74) is 5.48. The second-order valence-electron chi connectivity index (χ2n) is 6.26. The van der Waals surface area contributed by atoms with Gasteiger partial charge in [0.1, 0.15) is 11.5 Å². The van der Waals surface area contributed by atoms with E-state index in [4.69, 9.17) is 9.47 Å². The Morgan fingerprint density at radius 3 is 2.50 bits per heavy atom. The molecule has 3 aromatic carbocycles. The lowest BCUT2D eigenvalue weighted by molar-refractivity contribution is -0.128. The van der Waals surface area contributed by atoms with Crippen molar-refractivity contribution in [1.82, 2.24) is 10.9 Å². The molecule has 2 N–H and O–H groups in total. The number of benzene rings is 3. The molecular weight excluding hydrogens is 448 g/mol. The van der Waals surface area contributed by atoms with Gasteiger partial charge in [0.25, 0.3) is 11.8 Å². The van der Waals surface area contributed by atoms with Gasteiger partial charge in [-0.2, -0.15) is 0 Å². The summed E-state index contributed by atoms with van der Waals surface area (Å²) in [6.45, 7) is 2.27. The Morgan fingerprint density at radius 1 is 0.967 bits per heavy atom. The molecule has 0 aliphatic heterocycles. The molecule has 2 amide bonds. The molecule has 3 aromatic rings. The van der Waals surface area contributed by atoms with E-state index in [9.17, 15) is 9.59 Å². The second-order valence-corrected chi connectivity index (χ2v) is 7.05. The molecule has 6 nitrogen and oxygen atoms in total. The van der Waals surface area contributed by atoms with Gasteiger partial charge < -0.3 is 9.47 Å². The number of carbonyl (C=O) groups is 2. The monoisotopic (exact) mass is 468 g/mol. The van der Waals surface area contributed by atoms with Crippen molar-refractivity contribution in [3.05, 3.63) is 76.8 Å². The van der Waals surface area contributed by atoms with Crippen LogP contribution in [0.4, 0.5) is 0 Å². The maximum absolute atomic E-state index is 12.0. The number of rotatable bonds is 7. The van der Waals surface area contributed by atoms with E-state index in [-0.39, 0.29) is 6.61 Å². The first kappa shape index (κ1) is 21.4. The maximum Gasteiger partial charge on any atom is 0.276 e. The van der Waals surface area contributed by atoms with Crippen LogP contribution in [0.1, 0.15) is 12.5 Å². The number of ether oxygens (including phenoxy) is 2. The van der Waals surface area contributed by atoms with Gasteiger partial charge in [-0.3, -0.25) is 20.4 Å². The average Bonchev–Trinajstić information content (AvgIpc) is 2.77. The minimum atomic E-state index is -0.474. The van der Waals surface area contributed by atoms with Crippen molar-refractivity contribution in [2.24, 2.45) is 0 Å². The van der Waals surface area contributed by atoms with Gasteiger partial charge >= 0.3 is 0 Å². The summed E-state index contributed by atoms with van der Waals surface area (Å²) in [5.74, 6) is 0.386. The predicted molar refractivity (Wildman–Crippen MR) is 120 cm³/mol. The van der Waals surface area contributed by atoms with Crippen molar-refractivity contribution in [2.45, 2.75) is 6.92 Å². The summed E-state index contributed by atoms with van der Waals surface area (Å²) in [5, 5.41) is 2.05. The standard InChI is InChI=1S/C23H21BrN2O4/c1-2-29-18-11-7-16(8-12-18)9-14-21(27)25-26-22(28)15-30-20-13-10-17-5-3-4-6-19(17)23(20)24/h3-14H,2,15H2,1H3,(H,25,27)(H,26,28)/b14-9+. The van der Waals surface area contributed by atoms with Crippen LogP contribution in [0.15, 0.2) is 71.2 Å². The molecule has 0 saturated heterocycles. The van der Waals surface area contributed by atoms with Crippen molar-refractivity contribution < 1.29 is 19.1 Å². The van der Waals surface area contributed by atoms with E-state index in [1.165, 1.54) is 6.08 Å². The molecule has 0 atom stereocenters. The summed E-state index contributed by atoms with van der Waals surface area (Å²) in [6.07, 6.45) is 2.97. The first-order valence-electron chi connectivity index (χ1n) is 9.36. The van der Waals surface area contributed by atoms with Gasteiger partial charge in [0.15, 0.2) is 6.61 Å². The highest BCUT2D eigenvalue weighted by Gasteiger charge is 2.09. The fraction of sp³-hybridized carbons (Fsp3) is 0.130. The van der Waals surface area contributed by atoms with Crippen LogP contribution in [0.2, 0.25) is 0 Å². The largest absolute Gasteiger partial charge is 0.494 e. The number of amides is 2. The van der Waals surface area contributed by atoms with Crippen LogP contribution in [0.5, 0.6) is 11.5 Å². The predicted octanol–water partition coefficient (Wildman–Crippen LogP) is 4.24. The van der Waals surface area contributed by atoms with Crippen LogP contribution in [-0.2, 0) is 9.59 Å². The maximum atomic E-state index is 12.0. The minimum absolute atomic E-state index is 0.236. The van der Waals surface area contributed by atoms with E-state index in [0.717, 1.165) is 26.6 Å². The number of hydrazine groups is 1. The van der Waals surface area contributed by atoms with Crippen LogP contribution in [-0.4, -0.2) is 25.0 Å².